The Morgan fingerprint density at radius 1 is 1.00 bits per heavy atom. The van der Waals surface area contributed by atoms with Crippen molar-refractivity contribution in [1.82, 2.24) is 14.8 Å². The first-order valence-corrected chi connectivity index (χ1v) is 11.1. The van der Waals surface area contributed by atoms with Crippen LogP contribution in [0.5, 0.6) is 5.75 Å². The summed E-state index contributed by atoms with van der Waals surface area (Å²) in [5.74, 6) is -0.179. The van der Waals surface area contributed by atoms with Crippen LogP contribution in [0, 0.1) is 0 Å². The zero-order valence-corrected chi connectivity index (χ0v) is 17.9. The van der Waals surface area contributed by atoms with E-state index in [1.165, 1.54) is 23.5 Å². The molecule has 3 aromatic rings. The lowest BCUT2D eigenvalue weighted by Gasteiger charge is -2.34. The summed E-state index contributed by atoms with van der Waals surface area (Å²) in [5, 5.41) is 14.2. The number of phenols is 1. The zero-order chi connectivity index (χ0) is 19.7. The van der Waals surface area contributed by atoms with Gasteiger partial charge < -0.3 is 14.9 Å². The molecule has 4 rings (SSSR count). The van der Waals surface area contributed by atoms with Crippen LogP contribution in [0.3, 0.4) is 0 Å². The van der Waals surface area contributed by atoms with Gasteiger partial charge in [0.25, 0.3) is 11.8 Å². The number of rotatable bonds is 3. The van der Waals surface area contributed by atoms with Crippen molar-refractivity contribution in [2.45, 2.75) is 0 Å². The van der Waals surface area contributed by atoms with Gasteiger partial charge in [-0.15, -0.1) is 22.7 Å². The predicted octanol–water partition coefficient (Wildman–Crippen LogP) is 3.94. The van der Waals surface area contributed by atoms with Gasteiger partial charge in [-0.2, -0.15) is 0 Å². The number of hydrogen-bond donors (Lipinski definition) is 1. The van der Waals surface area contributed by atoms with Crippen molar-refractivity contribution in [3.8, 4) is 15.6 Å². The van der Waals surface area contributed by atoms with Gasteiger partial charge in [0, 0.05) is 47.0 Å². The number of nitrogens with zero attached hydrogens (tertiary/aromatic N) is 3. The Morgan fingerprint density at radius 3 is 2.36 bits per heavy atom. The number of aromatic nitrogens is 1. The molecule has 1 fully saturated rings. The van der Waals surface area contributed by atoms with Gasteiger partial charge in [-0.3, -0.25) is 9.59 Å². The van der Waals surface area contributed by atoms with Crippen LogP contribution in [-0.4, -0.2) is 57.9 Å². The second-order valence-electron chi connectivity index (χ2n) is 6.30. The molecule has 1 aromatic carbocycles. The van der Waals surface area contributed by atoms with Crippen LogP contribution >= 0.6 is 38.6 Å². The van der Waals surface area contributed by atoms with Gasteiger partial charge in [-0.25, -0.2) is 4.98 Å². The first-order valence-electron chi connectivity index (χ1n) is 8.59. The van der Waals surface area contributed by atoms with Crippen LogP contribution in [0.25, 0.3) is 9.88 Å². The standard InChI is InChI=1S/C19H16BrN3O3S2/c20-13-9-16(27-10-13)17-21-15(11-28-17)19(26)23-6-4-22(5-7-23)18(25)12-2-1-3-14(24)8-12/h1-3,8-11,24H,4-7H2. The van der Waals surface area contributed by atoms with E-state index in [0.29, 0.717) is 37.4 Å². The summed E-state index contributed by atoms with van der Waals surface area (Å²) < 4.78 is 1.00. The SMILES string of the molecule is O=C(c1cccc(O)c1)N1CCN(C(=O)c2csc(-c3cc(Br)cs3)n2)CC1. The molecule has 1 aliphatic heterocycles. The van der Waals surface area contributed by atoms with E-state index in [1.54, 1.807) is 38.6 Å². The van der Waals surface area contributed by atoms with Gasteiger partial charge in [0.2, 0.25) is 0 Å². The molecule has 3 heterocycles. The summed E-state index contributed by atoms with van der Waals surface area (Å²) in [7, 11) is 0. The lowest BCUT2D eigenvalue weighted by Crippen LogP contribution is -2.50. The number of carbonyl (C=O) groups is 2. The highest BCUT2D eigenvalue weighted by atomic mass is 79.9. The molecule has 144 valence electrons. The minimum Gasteiger partial charge on any atom is -0.508 e. The summed E-state index contributed by atoms with van der Waals surface area (Å²) in [6, 6.07) is 8.31. The number of carbonyl (C=O) groups excluding carboxylic acids is 2. The third-order valence-electron chi connectivity index (χ3n) is 4.45. The Morgan fingerprint density at radius 2 is 1.71 bits per heavy atom. The first kappa shape index (κ1) is 19.1. The number of thiophene rings is 1. The molecule has 0 spiro atoms. The number of thiazole rings is 1. The highest BCUT2D eigenvalue weighted by Crippen LogP contribution is 2.32. The molecule has 9 heteroatoms. The smallest absolute Gasteiger partial charge is 0.273 e. The van der Waals surface area contributed by atoms with E-state index in [9.17, 15) is 14.7 Å². The summed E-state index contributed by atoms with van der Waals surface area (Å²) in [6.07, 6.45) is 0. The zero-order valence-electron chi connectivity index (χ0n) is 14.7. The molecule has 28 heavy (non-hydrogen) atoms. The molecule has 0 atom stereocenters. The van der Waals surface area contributed by atoms with Crippen molar-refractivity contribution in [3.63, 3.8) is 0 Å². The molecule has 0 aliphatic carbocycles. The minimum atomic E-state index is -0.137. The number of halogens is 1. The first-order chi connectivity index (χ1) is 13.5. The summed E-state index contributed by atoms with van der Waals surface area (Å²) >= 11 is 6.47. The lowest BCUT2D eigenvalue weighted by atomic mass is 10.1. The average molecular weight is 478 g/mol. The number of benzene rings is 1. The van der Waals surface area contributed by atoms with Gasteiger partial charge in [0.1, 0.15) is 16.5 Å². The van der Waals surface area contributed by atoms with Gasteiger partial charge in [-0.1, -0.05) is 6.07 Å². The van der Waals surface area contributed by atoms with Crippen molar-refractivity contribution in [1.29, 1.82) is 0 Å². The Labute approximate surface area is 178 Å². The Balaban J connectivity index is 1.39. The molecule has 1 N–H and O–H groups in total. The second-order valence-corrected chi connectivity index (χ2v) is 8.99. The van der Waals surface area contributed by atoms with Gasteiger partial charge in [0.15, 0.2) is 0 Å². The summed E-state index contributed by atoms with van der Waals surface area (Å²) in [4.78, 5) is 34.3. The molecule has 6 nitrogen and oxygen atoms in total. The van der Waals surface area contributed by atoms with Gasteiger partial charge in [0.05, 0.1) is 4.88 Å². The maximum absolute atomic E-state index is 12.8. The third-order valence-corrected chi connectivity index (χ3v) is 7.15. The molecule has 0 saturated carbocycles. The fourth-order valence-corrected chi connectivity index (χ4v) is 5.31. The van der Waals surface area contributed by atoms with Crippen LogP contribution in [0.1, 0.15) is 20.8 Å². The number of aromatic hydroxyl groups is 1. The maximum Gasteiger partial charge on any atom is 0.273 e. The highest BCUT2D eigenvalue weighted by Gasteiger charge is 2.27. The van der Waals surface area contributed by atoms with Gasteiger partial charge >= 0.3 is 0 Å². The summed E-state index contributed by atoms with van der Waals surface area (Å²) in [6.45, 7) is 1.83. The predicted molar refractivity (Wildman–Crippen MR) is 113 cm³/mol. The number of hydrogen-bond acceptors (Lipinski definition) is 6. The Kier molecular flexibility index (Phi) is 5.47. The van der Waals surface area contributed by atoms with Crippen molar-refractivity contribution >= 4 is 50.4 Å². The molecule has 2 amide bonds. The van der Waals surface area contributed by atoms with Crippen LogP contribution in [0.15, 0.2) is 45.6 Å². The van der Waals surface area contributed by atoms with E-state index >= 15 is 0 Å². The molecule has 0 unspecified atom stereocenters. The second kappa shape index (κ2) is 8.02. The molecule has 0 radical (unpaired) electrons. The molecule has 1 aliphatic rings. The lowest BCUT2D eigenvalue weighted by molar-refractivity contribution is 0.0532. The number of phenolic OH excluding ortho intramolecular Hbond substituents is 1. The average Bonchev–Trinajstić information content (AvgIpc) is 3.36. The fourth-order valence-electron chi connectivity index (χ4n) is 3.01. The normalized spacial score (nSPS) is 14.3. The Bertz CT molecular complexity index is 1020. The number of amides is 2. The van der Waals surface area contributed by atoms with Crippen molar-refractivity contribution in [3.05, 3.63) is 56.8 Å². The third kappa shape index (κ3) is 3.96. The van der Waals surface area contributed by atoms with Crippen LogP contribution < -0.4 is 0 Å². The Hall–Kier alpha value is -2.23. The fraction of sp³-hybridized carbons (Fsp3) is 0.211. The molecule has 1 saturated heterocycles. The largest absolute Gasteiger partial charge is 0.508 e. The minimum absolute atomic E-state index is 0.0665. The van der Waals surface area contributed by atoms with Crippen molar-refractivity contribution in [2.24, 2.45) is 0 Å². The van der Waals surface area contributed by atoms with Crippen molar-refractivity contribution in [2.75, 3.05) is 26.2 Å². The van der Waals surface area contributed by atoms with E-state index in [0.717, 1.165) is 14.4 Å². The van der Waals surface area contributed by atoms with Crippen LogP contribution in [0.2, 0.25) is 0 Å². The molecular weight excluding hydrogens is 462 g/mol. The van der Waals surface area contributed by atoms with Crippen molar-refractivity contribution < 1.29 is 14.7 Å². The topological polar surface area (TPSA) is 73.7 Å². The van der Waals surface area contributed by atoms with Gasteiger partial charge in [-0.05, 0) is 40.2 Å². The van der Waals surface area contributed by atoms with E-state index in [4.69, 9.17) is 0 Å². The van der Waals surface area contributed by atoms with E-state index < -0.39 is 0 Å². The molecule has 2 aromatic heterocycles. The molecule has 0 bridgehead atoms. The monoisotopic (exact) mass is 477 g/mol. The quantitative estimate of drug-likeness (QED) is 0.619. The van der Waals surface area contributed by atoms with E-state index in [2.05, 4.69) is 20.9 Å². The van der Waals surface area contributed by atoms with E-state index in [-0.39, 0.29) is 17.6 Å². The number of piperazine rings is 1. The van der Waals surface area contributed by atoms with Crippen LogP contribution in [-0.2, 0) is 0 Å². The summed E-state index contributed by atoms with van der Waals surface area (Å²) in [5.41, 5.74) is 0.892. The molecular formula is C19H16BrN3O3S2. The maximum atomic E-state index is 12.8. The van der Waals surface area contributed by atoms with E-state index in [1.807, 2.05) is 11.4 Å². The van der Waals surface area contributed by atoms with Crippen LogP contribution in [0.4, 0.5) is 0 Å². The highest BCUT2D eigenvalue weighted by molar-refractivity contribution is 9.10.